The monoisotopic (exact) mass is 315 g/mol. The summed E-state index contributed by atoms with van der Waals surface area (Å²) in [6.45, 7) is 0.754. The summed E-state index contributed by atoms with van der Waals surface area (Å²) in [4.78, 5) is 10.3. The molecule has 0 unspecified atom stereocenters. The van der Waals surface area contributed by atoms with Gasteiger partial charge >= 0.3 is 0 Å². The Morgan fingerprint density at radius 3 is 2.90 bits per heavy atom. The highest BCUT2D eigenvalue weighted by Crippen LogP contribution is 2.28. The molecule has 0 aromatic heterocycles. The number of nitro benzene ring substituents is 1. The summed E-state index contributed by atoms with van der Waals surface area (Å²) >= 11 is 6.92. The van der Waals surface area contributed by atoms with Gasteiger partial charge in [-0.1, -0.05) is 0 Å². The van der Waals surface area contributed by atoms with E-state index in [2.05, 4.69) is 10.6 Å². The van der Waals surface area contributed by atoms with Gasteiger partial charge in [0.25, 0.3) is 5.69 Å². The topological polar surface area (TPSA) is 76.4 Å². The van der Waals surface area contributed by atoms with Gasteiger partial charge in [-0.2, -0.15) is 11.8 Å². The minimum atomic E-state index is -0.459. The van der Waals surface area contributed by atoms with E-state index in [9.17, 15) is 10.1 Å². The molecule has 0 saturated heterocycles. The molecule has 2 N–H and O–H groups in total. The molecule has 0 radical (unpaired) electrons. The Hall–Kier alpha value is -1.54. The first kappa shape index (κ1) is 16.5. The van der Waals surface area contributed by atoms with Crippen molar-refractivity contribution in [3.63, 3.8) is 0 Å². The third kappa shape index (κ3) is 5.22. The molecule has 0 fully saturated rings. The van der Waals surface area contributed by atoms with Crippen molar-refractivity contribution < 1.29 is 9.66 Å². The first-order valence-corrected chi connectivity index (χ1v) is 7.75. The van der Waals surface area contributed by atoms with Crippen LogP contribution in [0.25, 0.3) is 0 Å². The van der Waals surface area contributed by atoms with Crippen molar-refractivity contribution in [3.05, 3.63) is 28.3 Å². The molecule has 0 aliphatic carbocycles. The van der Waals surface area contributed by atoms with E-state index >= 15 is 0 Å². The molecule has 0 atom stereocenters. The van der Waals surface area contributed by atoms with Crippen molar-refractivity contribution >= 4 is 40.5 Å². The van der Waals surface area contributed by atoms with Gasteiger partial charge in [-0.3, -0.25) is 10.1 Å². The molecular weight excluding hydrogens is 298 g/mol. The largest absolute Gasteiger partial charge is 0.495 e. The number of hydrogen-bond donors (Lipinski definition) is 2. The molecule has 0 spiro atoms. The predicted molar refractivity (Wildman–Crippen MR) is 86.9 cm³/mol. The lowest BCUT2D eigenvalue weighted by atomic mass is 10.2. The standard InChI is InChI=1S/C12H17N3O3S2/c1-18-11-5-4-9(15(16)17)8-10(11)14-12(19)13-6-3-7-20-2/h4-5,8H,3,6-7H2,1-2H3,(H2,13,14,19). The lowest BCUT2D eigenvalue weighted by Crippen LogP contribution is -2.29. The maximum absolute atomic E-state index is 10.8. The number of hydrogen-bond acceptors (Lipinski definition) is 5. The number of thioether (sulfide) groups is 1. The SMILES string of the molecule is COc1ccc([N+](=O)[O-])cc1NC(=S)NCCCSC. The zero-order chi connectivity index (χ0) is 15.0. The molecule has 20 heavy (non-hydrogen) atoms. The Balaban J connectivity index is 2.67. The number of thiocarbonyl (C=S) groups is 1. The van der Waals surface area contributed by atoms with Gasteiger partial charge < -0.3 is 15.4 Å². The van der Waals surface area contributed by atoms with E-state index in [1.54, 1.807) is 11.8 Å². The zero-order valence-corrected chi connectivity index (χ0v) is 13.0. The summed E-state index contributed by atoms with van der Waals surface area (Å²) in [5.74, 6) is 1.55. The van der Waals surface area contributed by atoms with Crippen molar-refractivity contribution in [3.8, 4) is 5.75 Å². The number of anilines is 1. The van der Waals surface area contributed by atoms with Gasteiger partial charge in [-0.05, 0) is 36.7 Å². The summed E-state index contributed by atoms with van der Waals surface area (Å²) in [5, 5.41) is 17.2. The van der Waals surface area contributed by atoms with Crippen LogP contribution < -0.4 is 15.4 Å². The number of non-ortho nitro benzene ring substituents is 1. The smallest absolute Gasteiger partial charge is 0.271 e. The van der Waals surface area contributed by atoms with E-state index < -0.39 is 4.92 Å². The normalized spacial score (nSPS) is 9.90. The highest BCUT2D eigenvalue weighted by atomic mass is 32.2. The van der Waals surface area contributed by atoms with E-state index in [-0.39, 0.29) is 5.69 Å². The molecule has 0 amide bonds. The van der Waals surface area contributed by atoms with Crippen LogP contribution in [0.5, 0.6) is 5.75 Å². The van der Waals surface area contributed by atoms with Crippen molar-refractivity contribution in [2.75, 3.05) is 31.0 Å². The second-order valence-corrected chi connectivity index (χ2v) is 5.26. The summed E-state index contributed by atoms with van der Waals surface area (Å²) < 4.78 is 5.15. The fraction of sp³-hybridized carbons (Fsp3) is 0.417. The van der Waals surface area contributed by atoms with Crippen LogP contribution in [0.3, 0.4) is 0 Å². The summed E-state index contributed by atoms with van der Waals surface area (Å²) in [6, 6.07) is 4.32. The van der Waals surface area contributed by atoms with Gasteiger partial charge in [0.05, 0.1) is 17.7 Å². The molecule has 0 aliphatic rings. The lowest BCUT2D eigenvalue weighted by Gasteiger charge is -2.13. The molecule has 1 rings (SSSR count). The average molecular weight is 315 g/mol. The van der Waals surface area contributed by atoms with Crippen molar-refractivity contribution in [1.82, 2.24) is 5.32 Å². The average Bonchev–Trinajstić information content (AvgIpc) is 2.43. The minimum absolute atomic E-state index is 0.0153. The Morgan fingerprint density at radius 2 is 2.30 bits per heavy atom. The van der Waals surface area contributed by atoms with Gasteiger partial charge in [0.15, 0.2) is 5.11 Å². The van der Waals surface area contributed by atoms with E-state index in [1.165, 1.54) is 25.3 Å². The number of methoxy groups -OCH3 is 1. The molecule has 0 bridgehead atoms. The quantitative estimate of drug-likeness (QED) is 0.347. The van der Waals surface area contributed by atoms with E-state index in [4.69, 9.17) is 17.0 Å². The predicted octanol–water partition coefficient (Wildman–Crippen LogP) is 2.64. The maximum Gasteiger partial charge on any atom is 0.271 e. The van der Waals surface area contributed by atoms with Crippen LogP contribution in [0.2, 0.25) is 0 Å². The highest BCUT2D eigenvalue weighted by Gasteiger charge is 2.12. The second kappa shape index (κ2) is 8.60. The molecule has 1 aromatic rings. The molecule has 1 aromatic carbocycles. The molecule has 0 aliphatic heterocycles. The van der Waals surface area contributed by atoms with Crippen LogP contribution in [-0.2, 0) is 0 Å². The molecular formula is C12H17N3O3S2. The Labute approximate surface area is 127 Å². The number of nitrogens with zero attached hydrogens (tertiary/aromatic N) is 1. The van der Waals surface area contributed by atoms with Crippen LogP contribution in [0.4, 0.5) is 11.4 Å². The number of ether oxygens (including phenoxy) is 1. The molecule has 8 heteroatoms. The van der Waals surface area contributed by atoms with Gasteiger partial charge in [0.1, 0.15) is 5.75 Å². The third-order valence-electron chi connectivity index (χ3n) is 2.45. The second-order valence-electron chi connectivity index (χ2n) is 3.87. The van der Waals surface area contributed by atoms with Gasteiger partial charge in [-0.25, -0.2) is 0 Å². The Morgan fingerprint density at radius 1 is 1.55 bits per heavy atom. The van der Waals surface area contributed by atoms with Gasteiger partial charge in [0.2, 0.25) is 0 Å². The maximum atomic E-state index is 10.8. The zero-order valence-electron chi connectivity index (χ0n) is 11.3. The molecule has 110 valence electrons. The number of rotatable bonds is 7. The number of nitro groups is 1. The van der Waals surface area contributed by atoms with E-state index in [0.29, 0.717) is 16.5 Å². The van der Waals surface area contributed by atoms with Crippen LogP contribution in [-0.4, -0.2) is 35.7 Å². The van der Waals surface area contributed by atoms with Crippen molar-refractivity contribution in [2.45, 2.75) is 6.42 Å². The fourth-order valence-corrected chi connectivity index (χ4v) is 2.14. The van der Waals surface area contributed by atoms with Crippen molar-refractivity contribution in [1.29, 1.82) is 0 Å². The number of nitrogens with one attached hydrogen (secondary N) is 2. The lowest BCUT2D eigenvalue weighted by molar-refractivity contribution is -0.384. The first-order valence-electron chi connectivity index (χ1n) is 5.94. The molecule has 0 heterocycles. The summed E-state index contributed by atoms with van der Waals surface area (Å²) in [5.41, 5.74) is 0.461. The van der Waals surface area contributed by atoms with Crippen LogP contribution in [0.1, 0.15) is 6.42 Å². The van der Waals surface area contributed by atoms with Crippen LogP contribution >= 0.6 is 24.0 Å². The highest BCUT2D eigenvalue weighted by molar-refractivity contribution is 7.98. The summed E-state index contributed by atoms with van der Waals surface area (Å²) in [7, 11) is 1.50. The van der Waals surface area contributed by atoms with Crippen LogP contribution in [0.15, 0.2) is 18.2 Å². The van der Waals surface area contributed by atoms with Gasteiger partial charge in [0, 0.05) is 18.7 Å². The molecule has 0 saturated carbocycles. The molecule has 6 nitrogen and oxygen atoms in total. The van der Waals surface area contributed by atoms with Gasteiger partial charge in [-0.15, -0.1) is 0 Å². The number of benzene rings is 1. The third-order valence-corrected chi connectivity index (χ3v) is 3.40. The van der Waals surface area contributed by atoms with E-state index in [0.717, 1.165) is 18.7 Å². The summed E-state index contributed by atoms with van der Waals surface area (Å²) in [6.07, 6.45) is 3.04. The first-order chi connectivity index (χ1) is 9.58. The fourth-order valence-electron chi connectivity index (χ4n) is 1.49. The Bertz CT molecular complexity index is 483. The van der Waals surface area contributed by atoms with E-state index in [1.807, 2.05) is 6.26 Å². The van der Waals surface area contributed by atoms with Crippen LogP contribution in [0, 0.1) is 10.1 Å². The Kier molecular flexibility index (Phi) is 7.10. The minimum Gasteiger partial charge on any atom is -0.495 e. The van der Waals surface area contributed by atoms with Crippen molar-refractivity contribution in [2.24, 2.45) is 0 Å².